The van der Waals surface area contributed by atoms with E-state index >= 15 is 0 Å². The van der Waals surface area contributed by atoms with Crippen LogP contribution in [0.2, 0.25) is 0 Å². The number of hydrogen-bond donors (Lipinski definition) is 3. The van der Waals surface area contributed by atoms with Crippen molar-refractivity contribution < 1.29 is 27.8 Å². The Morgan fingerprint density at radius 2 is 2.06 bits per heavy atom. The lowest BCUT2D eigenvalue weighted by Gasteiger charge is -2.18. The summed E-state index contributed by atoms with van der Waals surface area (Å²) >= 11 is 0. The highest BCUT2D eigenvalue weighted by molar-refractivity contribution is 7.89. The molecular formula is C10H15NO6S. The van der Waals surface area contributed by atoms with Gasteiger partial charge < -0.3 is 14.6 Å². The zero-order chi connectivity index (χ0) is 13.9. The smallest absolute Gasteiger partial charge is 0.371 e. The minimum atomic E-state index is -3.97. The van der Waals surface area contributed by atoms with Gasteiger partial charge in [0, 0.05) is 6.04 Å². The number of aromatic carboxylic acids is 1. The molecule has 1 atom stereocenters. The standard InChI is InChI=1S/C10H15NO6S/c1-6(2)7(5-12)11-18(15,16)9-4-3-8(17-9)10(13)14/h3-4,6-7,11-12H,5H2,1-2H3,(H,13,14)/t7-/m1/s1. The fraction of sp³-hybridized carbons (Fsp3) is 0.500. The Balaban J connectivity index is 2.95. The molecule has 8 heteroatoms. The number of aliphatic hydroxyl groups excluding tert-OH is 1. The van der Waals surface area contributed by atoms with E-state index in [0.29, 0.717) is 0 Å². The summed E-state index contributed by atoms with van der Waals surface area (Å²) in [5.74, 6) is -1.92. The first-order chi connectivity index (χ1) is 8.27. The van der Waals surface area contributed by atoms with Crippen molar-refractivity contribution in [1.82, 2.24) is 4.72 Å². The second-order valence-corrected chi connectivity index (χ2v) is 5.72. The summed E-state index contributed by atoms with van der Waals surface area (Å²) in [6, 6.07) is 1.45. The van der Waals surface area contributed by atoms with Crippen LogP contribution in [0.1, 0.15) is 24.4 Å². The lowest BCUT2D eigenvalue weighted by Crippen LogP contribution is -2.40. The Morgan fingerprint density at radius 1 is 1.44 bits per heavy atom. The van der Waals surface area contributed by atoms with Crippen molar-refractivity contribution in [3.05, 3.63) is 17.9 Å². The first-order valence-corrected chi connectivity index (χ1v) is 6.72. The highest BCUT2D eigenvalue weighted by atomic mass is 32.2. The van der Waals surface area contributed by atoms with E-state index in [1.54, 1.807) is 13.8 Å². The van der Waals surface area contributed by atoms with E-state index in [4.69, 9.17) is 14.6 Å². The molecule has 1 aromatic rings. The molecule has 3 N–H and O–H groups in total. The molecule has 0 spiro atoms. The molecule has 102 valence electrons. The van der Waals surface area contributed by atoms with Gasteiger partial charge in [-0.15, -0.1) is 0 Å². The van der Waals surface area contributed by atoms with Crippen molar-refractivity contribution in [3.63, 3.8) is 0 Å². The normalized spacial score (nSPS) is 13.8. The van der Waals surface area contributed by atoms with Crippen LogP contribution in [-0.4, -0.2) is 37.2 Å². The molecular weight excluding hydrogens is 262 g/mol. The summed E-state index contributed by atoms with van der Waals surface area (Å²) in [5.41, 5.74) is 0. The Kier molecular flexibility index (Phi) is 4.49. The maximum Gasteiger partial charge on any atom is 0.371 e. The number of carboxylic acid groups (broad SMARTS) is 1. The first-order valence-electron chi connectivity index (χ1n) is 5.24. The van der Waals surface area contributed by atoms with E-state index in [1.165, 1.54) is 0 Å². The van der Waals surface area contributed by atoms with Gasteiger partial charge in [0.2, 0.25) is 10.9 Å². The Morgan fingerprint density at radius 3 is 2.44 bits per heavy atom. The molecule has 0 aliphatic heterocycles. The average Bonchev–Trinajstić information content (AvgIpc) is 2.75. The van der Waals surface area contributed by atoms with Crippen molar-refractivity contribution in [1.29, 1.82) is 0 Å². The number of rotatable bonds is 6. The topological polar surface area (TPSA) is 117 Å². The summed E-state index contributed by atoms with van der Waals surface area (Å²) in [7, 11) is -3.97. The van der Waals surface area contributed by atoms with Gasteiger partial charge in [0.1, 0.15) is 0 Å². The van der Waals surface area contributed by atoms with Gasteiger partial charge in [-0.25, -0.2) is 17.9 Å². The number of carbonyl (C=O) groups is 1. The number of carboxylic acids is 1. The van der Waals surface area contributed by atoms with Crippen molar-refractivity contribution in [2.45, 2.75) is 25.0 Å². The molecule has 1 aromatic heterocycles. The van der Waals surface area contributed by atoms with E-state index in [1.807, 2.05) is 0 Å². The Bertz CT molecular complexity index is 518. The van der Waals surface area contributed by atoms with Gasteiger partial charge in [0.05, 0.1) is 6.61 Å². The van der Waals surface area contributed by atoms with Crippen LogP contribution in [0.5, 0.6) is 0 Å². The molecule has 1 heterocycles. The summed E-state index contributed by atoms with van der Waals surface area (Å²) in [6.07, 6.45) is 0. The highest BCUT2D eigenvalue weighted by Crippen LogP contribution is 2.15. The number of nitrogens with one attached hydrogen (secondary N) is 1. The van der Waals surface area contributed by atoms with Gasteiger partial charge >= 0.3 is 5.97 Å². The van der Waals surface area contributed by atoms with Crippen molar-refractivity contribution in [3.8, 4) is 0 Å². The van der Waals surface area contributed by atoms with Crippen LogP contribution in [0.4, 0.5) is 0 Å². The van der Waals surface area contributed by atoms with Gasteiger partial charge in [-0.1, -0.05) is 13.8 Å². The van der Waals surface area contributed by atoms with Crippen LogP contribution < -0.4 is 4.72 Å². The first kappa shape index (κ1) is 14.7. The summed E-state index contributed by atoms with van der Waals surface area (Å²) < 4.78 is 30.6. The van der Waals surface area contributed by atoms with Gasteiger partial charge in [-0.2, -0.15) is 0 Å². The second-order valence-electron chi connectivity index (χ2n) is 4.08. The number of hydrogen-bond acceptors (Lipinski definition) is 5. The Labute approximate surface area is 104 Å². The molecule has 0 fully saturated rings. The lowest BCUT2D eigenvalue weighted by atomic mass is 10.1. The third kappa shape index (κ3) is 3.31. The van der Waals surface area contributed by atoms with Crippen LogP contribution in [0.15, 0.2) is 21.6 Å². The minimum Gasteiger partial charge on any atom is -0.475 e. The molecule has 1 rings (SSSR count). The molecule has 0 radical (unpaired) electrons. The molecule has 0 bridgehead atoms. The van der Waals surface area contributed by atoms with Gasteiger partial charge in [-0.05, 0) is 18.1 Å². The van der Waals surface area contributed by atoms with E-state index in [9.17, 15) is 13.2 Å². The quantitative estimate of drug-likeness (QED) is 0.687. The van der Waals surface area contributed by atoms with Crippen molar-refractivity contribution in [2.75, 3.05) is 6.61 Å². The van der Waals surface area contributed by atoms with E-state index in [-0.39, 0.29) is 12.5 Å². The van der Waals surface area contributed by atoms with Crippen molar-refractivity contribution in [2.24, 2.45) is 5.92 Å². The molecule has 0 amide bonds. The zero-order valence-corrected chi connectivity index (χ0v) is 10.8. The van der Waals surface area contributed by atoms with Gasteiger partial charge in [0.15, 0.2) is 0 Å². The molecule has 0 aliphatic rings. The predicted molar refractivity (Wildman–Crippen MR) is 61.7 cm³/mol. The third-order valence-electron chi connectivity index (χ3n) is 2.36. The lowest BCUT2D eigenvalue weighted by molar-refractivity contribution is 0.0656. The maximum absolute atomic E-state index is 11.8. The number of furan rings is 1. The zero-order valence-electron chi connectivity index (χ0n) is 9.95. The van der Waals surface area contributed by atoms with E-state index in [0.717, 1.165) is 12.1 Å². The largest absolute Gasteiger partial charge is 0.475 e. The van der Waals surface area contributed by atoms with Gasteiger partial charge in [-0.3, -0.25) is 0 Å². The molecule has 0 unspecified atom stereocenters. The Hall–Kier alpha value is -1.38. The average molecular weight is 277 g/mol. The fourth-order valence-corrected chi connectivity index (χ4v) is 2.53. The minimum absolute atomic E-state index is 0.112. The van der Waals surface area contributed by atoms with Crippen LogP contribution in [0.25, 0.3) is 0 Å². The highest BCUT2D eigenvalue weighted by Gasteiger charge is 2.25. The second kappa shape index (κ2) is 5.51. The van der Waals surface area contributed by atoms with Crippen LogP contribution in [0.3, 0.4) is 0 Å². The summed E-state index contributed by atoms with van der Waals surface area (Å²) in [6.45, 7) is 3.13. The summed E-state index contributed by atoms with van der Waals surface area (Å²) in [4.78, 5) is 10.6. The maximum atomic E-state index is 11.8. The predicted octanol–water partition coefficient (Wildman–Crippen LogP) is 0.273. The van der Waals surface area contributed by atoms with Crippen LogP contribution in [-0.2, 0) is 10.0 Å². The van der Waals surface area contributed by atoms with Gasteiger partial charge in [0.25, 0.3) is 10.0 Å². The fourth-order valence-electron chi connectivity index (χ4n) is 1.22. The third-order valence-corrected chi connectivity index (χ3v) is 3.73. The molecule has 0 aromatic carbocycles. The number of sulfonamides is 1. The number of aliphatic hydroxyl groups is 1. The monoisotopic (exact) mass is 277 g/mol. The molecule has 18 heavy (non-hydrogen) atoms. The van der Waals surface area contributed by atoms with Crippen molar-refractivity contribution >= 4 is 16.0 Å². The molecule has 0 saturated heterocycles. The molecule has 0 saturated carbocycles. The van der Waals surface area contributed by atoms with E-state index in [2.05, 4.69) is 4.72 Å². The SMILES string of the molecule is CC(C)[C@@H](CO)NS(=O)(=O)c1ccc(C(=O)O)o1. The van der Waals surface area contributed by atoms with E-state index < -0.39 is 32.9 Å². The van der Waals surface area contributed by atoms with Crippen LogP contribution >= 0.6 is 0 Å². The van der Waals surface area contributed by atoms with Crippen LogP contribution in [0, 0.1) is 5.92 Å². The molecule has 7 nitrogen and oxygen atoms in total. The summed E-state index contributed by atoms with van der Waals surface area (Å²) in [5, 5.41) is 17.2. The molecule has 0 aliphatic carbocycles.